The second-order valence-corrected chi connectivity index (χ2v) is 10.3. The average Bonchev–Trinajstić information content (AvgIpc) is 3.37. The van der Waals surface area contributed by atoms with E-state index in [1.165, 1.54) is 16.9 Å². The van der Waals surface area contributed by atoms with Gasteiger partial charge in [-0.2, -0.15) is 0 Å². The summed E-state index contributed by atoms with van der Waals surface area (Å²) in [5, 5.41) is 7.13. The Labute approximate surface area is 224 Å². The first-order valence-corrected chi connectivity index (χ1v) is 13.3. The van der Waals surface area contributed by atoms with E-state index in [1.54, 1.807) is 18.2 Å². The molecular formula is C29H23Cl2N3OS. The van der Waals surface area contributed by atoms with Crippen LogP contribution in [0.25, 0.3) is 33.4 Å². The van der Waals surface area contributed by atoms with Crippen LogP contribution in [0, 0.1) is 0 Å². The molecule has 1 amide bonds. The number of hydrogen-bond donors (Lipinski definition) is 1. The number of thiazole rings is 1. The summed E-state index contributed by atoms with van der Waals surface area (Å²) < 4.78 is 0. The molecule has 1 atom stereocenters. The van der Waals surface area contributed by atoms with E-state index in [2.05, 4.69) is 48.4 Å². The number of amides is 1. The van der Waals surface area contributed by atoms with Crippen LogP contribution in [-0.4, -0.2) is 15.9 Å². The molecule has 0 aliphatic carbocycles. The molecule has 0 bridgehead atoms. The highest BCUT2D eigenvalue weighted by Gasteiger charge is 2.16. The van der Waals surface area contributed by atoms with E-state index in [0.29, 0.717) is 37.9 Å². The van der Waals surface area contributed by atoms with Gasteiger partial charge in [0, 0.05) is 21.9 Å². The Morgan fingerprint density at radius 1 is 0.917 bits per heavy atom. The van der Waals surface area contributed by atoms with Crippen LogP contribution in [0.4, 0.5) is 5.13 Å². The number of hydrogen-bond acceptors (Lipinski definition) is 4. The maximum absolute atomic E-state index is 13.4. The molecule has 0 radical (unpaired) electrons. The van der Waals surface area contributed by atoms with E-state index in [0.717, 1.165) is 28.6 Å². The number of aromatic nitrogens is 2. The first-order valence-electron chi connectivity index (χ1n) is 11.7. The van der Waals surface area contributed by atoms with Gasteiger partial charge in [-0.15, -0.1) is 11.3 Å². The maximum atomic E-state index is 13.4. The molecule has 36 heavy (non-hydrogen) atoms. The van der Waals surface area contributed by atoms with Gasteiger partial charge in [-0.05, 0) is 42.2 Å². The van der Waals surface area contributed by atoms with E-state index in [-0.39, 0.29) is 5.91 Å². The Hall–Kier alpha value is -3.25. The molecule has 0 spiro atoms. The van der Waals surface area contributed by atoms with E-state index < -0.39 is 0 Å². The maximum Gasteiger partial charge on any atom is 0.258 e. The van der Waals surface area contributed by atoms with Crippen molar-refractivity contribution in [3.63, 3.8) is 0 Å². The number of rotatable bonds is 6. The molecule has 5 aromatic rings. The molecule has 4 nitrogen and oxygen atoms in total. The van der Waals surface area contributed by atoms with Crippen molar-refractivity contribution in [1.29, 1.82) is 0 Å². The summed E-state index contributed by atoms with van der Waals surface area (Å²) in [5.41, 5.74) is 5.81. The lowest BCUT2D eigenvalue weighted by atomic mass is 9.97. The monoisotopic (exact) mass is 531 g/mol. The number of para-hydroxylation sites is 1. The van der Waals surface area contributed by atoms with Crippen LogP contribution in [0.1, 0.15) is 42.1 Å². The van der Waals surface area contributed by atoms with Crippen LogP contribution in [0.3, 0.4) is 0 Å². The van der Waals surface area contributed by atoms with Crippen LogP contribution in [0.5, 0.6) is 0 Å². The molecule has 0 saturated heterocycles. The second kappa shape index (κ2) is 10.4. The van der Waals surface area contributed by atoms with Gasteiger partial charge in [0.15, 0.2) is 5.13 Å². The van der Waals surface area contributed by atoms with Gasteiger partial charge >= 0.3 is 0 Å². The number of halogens is 2. The summed E-state index contributed by atoms with van der Waals surface area (Å²) in [6, 6.07) is 23.1. The van der Waals surface area contributed by atoms with Crippen molar-refractivity contribution in [3.8, 4) is 22.5 Å². The standard InChI is InChI=1S/C29H23Cl2N3OS/c1-3-17(2)18-8-10-19(11-9-18)27-16-36-29(33-27)34-28(35)22-15-26(20-12-13-23(30)24(31)14-20)32-25-7-5-4-6-21(22)25/h4-17H,3H2,1-2H3,(H,33,34,35). The van der Waals surface area contributed by atoms with E-state index in [4.69, 9.17) is 28.2 Å². The highest BCUT2D eigenvalue weighted by Crippen LogP contribution is 2.31. The van der Waals surface area contributed by atoms with Gasteiger partial charge < -0.3 is 0 Å². The zero-order chi connectivity index (χ0) is 25.2. The van der Waals surface area contributed by atoms with Crippen LogP contribution in [0.15, 0.2) is 78.2 Å². The van der Waals surface area contributed by atoms with Crippen LogP contribution in [0.2, 0.25) is 10.0 Å². The zero-order valence-corrected chi connectivity index (χ0v) is 22.1. The Kier molecular flexibility index (Phi) is 7.06. The van der Waals surface area contributed by atoms with Crippen molar-refractivity contribution in [3.05, 3.63) is 99.3 Å². The number of benzene rings is 3. The zero-order valence-electron chi connectivity index (χ0n) is 19.8. The summed E-state index contributed by atoms with van der Waals surface area (Å²) in [6.07, 6.45) is 1.10. The smallest absolute Gasteiger partial charge is 0.258 e. The topological polar surface area (TPSA) is 54.9 Å². The van der Waals surface area contributed by atoms with Crippen LogP contribution < -0.4 is 5.32 Å². The van der Waals surface area contributed by atoms with Crippen molar-refractivity contribution in [2.45, 2.75) is 26.2 Å². The fraction of sp³-hybridized carbons (Fsp3) is 0.138. The summed E-state index contributed by atoms with van der Waals surface area (Å²) in [7, 11) is 0. The predicted octanol–water partition coefficient (Wildman–Crippen LogP) is 9.10. The Balaban J connectivity index is 1.44. The van der Waals surface area contributed by atoms with Crippen LogP contribution in [-0.2, 0) is 0 Å². The lowest BCUT2D eigenvalue weighted by Crippen LogP contribution is -2.13. The molecule has 1 N–H and O–H groups in total. The molecule has 5 rings (SSSR count). The quantitative estimate of drug-likeness (QED) is 0.237. The van der Waals surface area contributed by atoms with Gasteiger partial charge in [0.2, 0.25) is 0 Å². The molecular weight excluding hydrogens is 509 g/mol. The van der Waals surface area contributed by atoms with Crippen molar-refractivity contribution in [2.75, 3.05) is 5.32 Å². The highest BCUT2D eigenvalue weighted by atomic mass is 35.5. The molecule has 0 fully saturated rings. The number of carbonyl (C=O) groups is 1. The Morgan fingerprint density at radius 3 is 2.42 bits per heavy atom. The normalized spacial score (nSPS) is 12.0. The lowest BCUT2D eigenvalue weighted by molar-refractivity contribution is 0.102. The van der Waals surface area contributed by atoms with Crippen molar-refractivity contribution >= 4 is 56.5 Å². The highest BCUT2D eigenvalue weighted by molar-refractivity contribution is 7.14. The summed E-state index contributed by atoms with van der Waals surface area (Å²) in [6.45, 7) is 4.41. The van der Waals surface area contributed by atoms with Gasteiger partial charge in [0.1, 0.15) is 0 Å². The molecule has 1 unspecified atom stereocenters. The molecule has 2 aromatic heterocycles. The fourth-order valence-corrected chi connectivity index (χ4v) is 5.03. The van der Waals surface area contributed by atoms with Gasteiger partial charge in [-0.25, -0.2) is 9.97 Å². The number of nitrogens with one attached hydrogen (secondary N) is 1. The molecule has 0 aliphatic rings. The number of carbonyl (C=O) groups excluding carboxylic acids is 1. The summed E-state index contributed by atoms with van der Waals surface area (Å²) >= 11 is 13.7. The SMILES string of the molecule is CCC(C)c1ccc(-c2csc(NC(=O)c3cc(-c4ccc(Cl)c(Cl)c4)nc4ccccc34)n2)cc1. The largest absolute Gasteiger partial charge is 0.298 e. The van der Waals surface area contributed by atoms with Crippen LogP contribution >= 0.6 is 34.5 Å². The van der Waals surface area contributed by atoms with Gasteiger partial charge in [-0.3, -0.25) is 10.1 Å². The summed E-state index contributed by atoms with van der Waals surface area (Å²) in [5.74, 6) is 0.274. The van der Waals surface area contributed by atoms with E-state index >= 15 is 0 Å². The average molecular weight is 532 g/mol. The first-order chi connectivity index (χ1) is 17.4. The van der Waals surface area contributed by atoms with Gasteiger partial charge in [-0.1, -0.05) is 85.6 Å². The third-order valence-corrected chi connectivity index (χ3v) is 7.79. The Morgan fingerprint density at radius 2 is 1.67 bits per heavy atom. The van der Waals surface area contributed by atoms with E-state index in [1.807, 2.05) is 35.7 Å². The van der Waals surface area contributed by atoms with Crippen molar-refractivity contribution in [2.24, 2.45) is 0 Å². The minimum atomic E-state index is -0.247. The Bertz CT molecular complexity index is 1560. The summed E-state index contributed by atoms with van der Waals surface area (Å²) in [4.78, 5) is 22.8. The van der Waals surface area contributed by atoms with Crippen molar-refractivity contribution < 1.29 is 4.79 Å². The first kappa shape index (κ1) is 24.4. The molecule has 0 saturated carbocycles. The van der Waals surface area contributed by atoms with Gasteiger partial charge in [0.25, 0.3) is 5.91 Å². The third kappa shape index (κ3) is 5.00. The predicted molar refractivity (Wildman–Crippen MR) is 151 cm³/mol. The number of nitrogens with zero attached hydrogens (tertiary/aromatic N) is 2. The fourth-order valence-electron chi connectivity index (χ4n) is 4.01. The molecule has 3 aromatic carbocycles. The molecule has 0 aliphatic heterocycles. The molecule has 7 heteroatoms. The number of pyridine rings is 1. The van der Waals surface area contributed by atoms with Gasteiger partial charge in [0.05, 0.1) is 32.5 Å². The third-order valence-electron chi connectivity index (χ3n) is 6.29. The lowest BCUT2D eigenvalue weighted by Gasteiger charge is -2.10. The molecule has 2 heterocycles. The minimum absolute atomic E-state index is 0.247. The number of fused-ring (bicyclic) bond motifs is 1. The van der Waals surface area contributed by atoms with E-state index in [9.17, 15) is 4.79 Å². The molecule has 180 valence electrons. The minimum Gasteiger partial charge on any atom is -0.298 e. The second-order valence-electron chi connectivity index (χ2n) is 8.62. The number of anilines is 1. The van der Waals surface area contributed by atoms with Crippen molar-refractivity contribution in [1.82, 2.24) is 9.97 Å².